The Kier molecular flexibility index (Phi) is 6.20. The highest BCUT2D eigenvalue weighted by molar-refractivity contribution is 7.17. The predicted molar refractivity (Wildman–Crippen MR) is 121 cm³/mol. The van der Waals surface area contributed by atoms with Crippen molar-refractivity contribution in [3.05, 3.63) is 33.2 Å². The van der Waals surface area contributed by atoms with E-state index in [0.717, 1.165) is 12.1 Å². The van der Waals surface area contributed by atoms with Gasteiger partial charge in [-0.25, -0.2) is 14.8 Å². The molecule has 0 radical (unpaired) electrons. The molecule has 3 aromatic rings. The molecule has 3 aromatic heterocycles. The molecule has 0 aliphatic carbocycles. The molecule has 0 unspecified atom stereocenters. The Bertz CT molecular complexity index is 1130. The van der Waals surface area contributed by atoms with Crippen LogP contribution in [-0.4, -0.2) is 63.3 Å². The van der Waals surface area contributed by atoms with Crippen LogP contribution in [0.15, 0.2) is 6.07 Å². The minimum Gasteiger partial charge on any atom is -0.465 e. The lowest BCUT2D eigenvalue weighted by Gasteiger charge is -2.37. The molecule has 0 spiro atoms. The molecule has 1 saturated heterocycles. The Balaban J connectivity index is 1.48. The van der Waals surface area contributed by atoms with Crippen LogP contribution in [0.1, 0.15) is 45.0 Å². The summed E-state index contributed by atoms with van der Waals surface area (Å²) in [6, 6.07) is 1.65. The summed E-state index contributed by atoms with van der Waals surface area (Å²) in [4.78, 5) is 39.4. The molecular formula is C20H24ClN7O3S. The first-order valence-corrected chi connectivity index (χ1v) is 11.4. The number of methoxy groups -OCH3 is 1. The van der Waals surface area contributed by atoms with Crippen molar-refractivity contribution < 1.29 is 14.3 Å². The average Bonchev–Trinajstić information content (AvgIpc) is 3.48. The first-order chi connectivity index (χ1) is 15.3. The summed E-state index contributed by atoms with van der Waals surface area (Å²) < 4.78 is 4.93. The number of H-pyrrole nitrogens is 2. The van der Waals surface area contributed by atoms with Crippen molar-refractivity contribution in [2.45, 2.75) is 33.2 Å². The Morgan fingerprint density at radius 1 is 1.34 bits per heavy atom. The Morgan fingerprint density at radius 3 is 2.72 bits per heavy atom. The second-order valence-corrected chi connectivity index (χ2v) is 9.24. The SMILES string of the molecule is COC(=O)c1sc(N2CC[C@@H](NC(=O)c3cc(Cl)c(C)[nH]3)[C@@H](C)C2)nc1-c1n[nH]c(C)n1. The number of carbonyl (C=O) groups excluding carboxylic acids is 2. The van der Waals surface area contributed by atoms with E-state index in [1.54, 1.807) is 13.0 Å². The van der Waals surface area contributed by atoms with Crippen molar-refractivity contribution in [1.82, 2.24) is 30.5 Å². The van der Waals surface area contributed by atoms with Crippen LogP contribution in [0.5, 0.6) is 0 Å². The molecule has 170 valence electrons. The number of halogens is 1. The number of nitrogens with one attached hydrogen (secondary N) is 3. The zero-order valence-electron chi connectivity index (χ0n) is 18.2. The number of hydrogen-bond donors (Lipinski definition) is 3. The summed E-state index contributed by atoms with van der Waals surface area (Å²) in [6.45, 7) is 7.05. The zero-order chi connectivity index (χ0) is 23.0. The third-order valence-corrected chi connectivity index (χ3v) is 6.97. The van der Waals surface area contributed by atoms with E-state index in [4.69, 9.17) is 16.3 Å². The number of ether oxygens (including phenoxy) is 1. The predicted octanol–water partition coefficient (Wildman–Crippen LogP) is 2.96. The van der Waals surface area contributed by atoms with Gasteiger partial charge in [-0.3, -0.25) is 9.89 Å². The molecule has 32 heavy (non-hydrogen) atoms. The van der Waals surface area contributed by atoms with Gasteiger partial charge in [0.2, 0.25) is 5.82 Å². The molecule has 0 bridgehead atoms. The van der Waals surface area contributed by atoms with Crippen LogP contribution in [0, 0.1) is 19.8 Å². The topological polar surface area (TPSA) is 129 Å². The number of nitrogens with zero attached hydrogens (tertiary/aromatic N) is 4. The van der Waals surface area contributed by atoms with Crippen LogP contribution >= 0.6 is 22.9 Å². The maximum absolute atomic E-state index is 12.6. The molecule has 1 amide bonds. The number of thiazole rings is 1. The third-order valence-electron chi connectivity index (χ3n) is 5.48. The third kappa shape index (κ3) is 4.35. The first kappa shape index (κ1) is 22.3. The van der Waals surface area contributed by atoms with E-state index >= 15 is 0 Å². The summed E-state index contributed by atoms with van der Waals surface area (Å²) in [6.07, 6.45) is 0.739. The largest absolute Gasteiger partial charge is 0.465 e. The van der Waals surface area contributed by atoms with E-state index in [9.17, 15) is 9.59 Å². The van der Waals surface area contributed by atoms with Crippen LogP contribution in [0.2, 0.25) is 5.02 Å². The molecule has 12 heteroatoms. The van der Waals surface area contributed by atoms with Gasteiger partial charge in [-0.15, -0.1) is 0 Å². The van der Waals surface area contributed by atoms with Gasteiger partial charge in [0.05, 0.1) is 12.1 Å². The zero-order valence-corrected chi connectivity index (χ0v) is 19.7. The van der Waals surface area contributed by atoms with Gasteiger partial charge in [0.25, 0.3) is 5.91 Å². The van der Waals surface area contributed by atoms with Crippen molar-refractivity contribution in [2.75, 3.05) is 25.1 Å². The van der Waals surface area contributed by atoms with E-state index in [1.165, 1.54) is 18.4 Å². The summed E-state index contributed by atoms with van der Waals surface area (Å²) in [7, 11) is 1.34. The van der Waals surface area contributed by atoms with E-state index in [1.807, 2.05) is 6.92 Å². The quantitative estimate of drug-likeness (QED) is 0.482. The molecule has 3 N–H and O–H groups in total. The van der Waals surface area contributed by atoms with Crippen LogP contribution in [0.4, 0.5) is 5.13 Å². The summed E-state index contributed by atoms with van der Waals surface area (Å²) in [5, 5.41) is 11.3. The summed E-state index contributed by atoms with van der Waals surface area (Å²) in [5.74, 6) is 0.518. The number of carbonyl (C=O) groups is 2. The van der Waals surface area contributed by atoms with Gasteiger partial charge in [-0.05, 0) is 32.3 Å². The fraction of sp³-hybridized carbons (Fsp3) is 0.450. The number of anilines is 1. The van der Waals surface area contributed by atoms with E-state index < -0.39 is 5.97 Å². The second-order valence-electron chi connectivity index (χ2n) is 7.86. The smallest absolute Gasteiger partial charge is 0.350 e. The number of esters is 1. The van der Waals surface area contributed by atoms with Crippen LogP contribution in [0.25, 0.3) is 11.5 Å². The fourth-order valence-electron chi connectivity index (χ4n) is 3.71. The van der Waals surface area contributed by atoms with Crippen molar-refractivity contribution in [1.29, 1.82) is 0 Å². The second kappa shape index (κ2) is 8.91. The molecular weight excluding hydrogens is 454 g/mol. The molecule has 4 rings (SSSR count). The normalized spacial score (nSPS) is 18.6. The first-order valence-electron chi connectivity index (χ1n) is 10.2. The van der Waals surface area contributed by atoms with Gasteiger partial charge < -0.3 is 19.9 Å². The lowest BCUT2D eigenvalue weighted by molar-refractivity contribution is 0.0606. The number of amides is 1. The minimum absolute atomic E-state index is 0.0105. The van der Waals surface area contributed by atoms with Gasteiger partial charge in [-0.1, -0.05) is 29.9 Å². The van der Waals surface area contributed by atoms with Gasteiger partial charge in [0.15, 0.2) is 5.13 Å². The van der Waals surface area contributed by atoms with Crippen molar-refractivity contribution in [2.24, 2.45) is 5.92 Å². The standard InChI is InChI=1S/C20H24ClN7O3S/c1-9-8-28(6-5-13(9)24-18(29)14-7-12(21)10(2)22-14)20-25-15(16(32-20)19(30)31-4)17-23-11(3)26-27-17/h7,9,13,22H,5-6,8H2,1-4H3,(H,24,29)(H,23,26,27)/t9-,13+/m0/s1. The highest BCUT2D eigenvalue weighted by Crippen LogP contribution is 2.34. The molecule has 10 nitrogen and oxygen atoms in total. The molecule has 4 heterocycles. The number of aryl methyl sites for hydroxylation is 2. The molecule has 1 aliphatic rings. The number of hydrogen-bond acceptors (Lipinski definition) is 8. The van der Waals surface area contributed by atoms with Gasteiger partial charge in [0.1, 0.15) is 22.1 Å². The van der Waals surface area contributed by atoms with Crippen molar-refractivity contribution in [3.8, 4) is 11.5 Å². The number of aromatic nitrogens is 5. The average molecular weight is 478 g/mol. The monoisotopic (exact) mass is 477 g/mol. The maximum Gasteiger partial charge on any atom is 0.350 e. The molecule has 1 fully saturated rings. The summed E-state index contributed by atoms with van der Waals surface area (Å²) >= 11 is 7.32. The highest BCUT2D eigenvalue weighted by atomic mass is 35.5. The van der Waals surface area contributed by atoms with Crippen molar-refractivity contribution >= 4 is 39.9 Å². The van der Waals surface area contributed by atoms with Gasteiger partial charge >= 0.3 is 5.97 Å². The number of aromatic amines is 2. The van der Waals surface area contributed by atoms with Crippen molar-refractivity contribution in [3.63, 3.8) is 0 Å². The van der Waals surface area contributed by atoms with Gasteiger partial charge in [0, 0.05) is 24.8 Å². The van der Waals surface area contributed by atoms with Crippen LogP contribution < -0.4 is 10.2 Å². The molecule has 0 saturated carbocycles. The van der Waals surface area contributed by atoms with E-state index in [2.05, 4.69) is 42.3 Å². The molecule has 1 aliphatic heterocycles. The molecule has 2 atom stereocenters. The Hall–Kier alpha value is -2.92. The van der Waals surface area contributed by atoms with E-state index in [-0.39, 0.29) is 17.9 Å². The summed E-state index contributed by atoms with van der Waals surface area (Å²) in [5.41, 5.74) is 1.63. The highest BCUT2D eigenvalue weighted by Gasteiger charge is 2.31. The lowest BCUT2D eigenvalue weighted by Crippen LogP contribution is -2.50. The number of rotatable bonds is 5. The van der Waals surface area contributed by atoms with E-state index in [0.29, 0.717) is 51.2 Å². The fourth-order valence-corrected chi connectivity index (χ4v) is 4.88. The van der Waals surface area contributed by atoms with Crippen LogP contribution in [-0.2, 0) is 4.74 Å². The maximum atomic E-state index is 12.6. The molecule has 0 aromatic carbocycles. The lowest BCUT2D eigenvalue weighted by atomic mass is 9.94. The Morgan fingerprint density at radius 2 is 2.12 bits per heavy atom. The van der Waals surface area contributed by atoms with Crippen LogP contribution in [0.3, 0.4) is 0 Å². The van der Waals surface area contributed by atoms with Gasteiger partial charge in [-0.2, -0.15) is 5.10 Å². The Labute approximate surface area is 193 Å². The number of piperidine rings is 1. The minimum atomic E-state index is -0.471.